The molecule has 3 aromatic carbocycles. The van der Waals surface area contributed by atoms with Gasteiger partial charge in [0.25, 0.3) is 0 Å². The number of piperazine rings is 2. The molecule has 0 saturated carbocycles. The zero-order valence-electron chi connectivity index (χ0n) is 26.5. The molecule has 0 bridgehead atoms. The summed E-state index contributed by atoms with van der Waals surface area (Å²) in [6.45, 7) is 13.6. The van der Waals surface area contributed by atoms with Crippen LogP contribution in [0.15, 0.2) is 72.8 Å². The van der Waals surface area contributed by atoms with E-state index in [0.717, 1.165) is 65.2 Å². The fraction of sp³-hybridized carbons (Fsp3) is 0.500. The third-order valence-corrected chi connectivity index (χ3v) is 8.81. The van der Waals surface area contributed by atoms with E-state index in [0.29, 0.717) is 24.6 Å². The molecule has 2 heterocycles. The van der Waals surface area contributed by atoms with Crippen LogP contribution in [-0.2, 0) is 12.8 Å². The van der Waals surface area contributed by atoms with Crippen LogP contribution in [0.4, 0.5) is 11.4 Å². The molecule has 0 amide bonds. The lowest BCUT2D eigenvalue weighted by atomic mass is 10.1. The number of aryl methyl sites for hydroxylation is 2. The van der Waals surface area contributed by atoms with Gasteiger partial charge in [0.2, 0.25) is 0 Å². The molecule has 0 aromatic heterocycles. The first-order valence-electron chi connectivity index (χ1n) is 16.3. The molecule has 2 saturated heterocycles. The summed E-state index contributed by atoms with van der Waals surface area (Å²) in [5, 5.41) is 21.2. The average Bonchev–Trinajstić information content (AvgIpc) is 3.08. The van der Waals surface area contributed by atoms with Gasteiger partial charge in [0.15, 0.2) is 0 Å². The lowest BCUT2D eigenvalue weighted by Crippen LogP contribution is -2.49. The van der Waals surface area contributed by atoms with Crippen molar-refractivity contribution in [2.45, 2.75) is 38.9 Å². The van der Waals surface area contributed by atoms with Crippen molar-refractivity contribution >= 4 is 11.4 Å². The number of β-amino-alcohol motifs (C(OH)–C–C–N with tert-alkyl or cyclic N) is 2. The van der Waals surface area contributed by atoms with E-state index >= 15 is 0 Å². The summed E-state index contributed by atoms with van der Waals surface area (Å²) in [6, 6.07) is 25.1. The van der Waals surface area contributed by atoms with Crippen molar-refractivity contribution in [3.05, 3.63) is 83.9 Å². The minimum atomic E-state index is -0.556. The van der Waals surface area contributed by atoms with Crippen molar-refractivity contribution in [1.29, 1.82) is 0 Å². The first-order chi connectivity index (χ1) is 21.5. The normalized spacial score (nSPS) is 17.8. The van der Waals surface area contributed by atoms with Crippen molar-refractivity contribution < 1.29 is 19.7 Å². The summed E-state index contributed by atoms with van der Waals surface area (Å²) < 4.78 is 11.7. The molecule has 0 aliphatic carbocycles. The summed E-state index contributed by atoms with van der Waals surface area (Å²) in [7, 11) is 0. The van der Waals surface area contributed by atoms with E-state index in [1.54, 1.807) is 0 Å². The van der Waals surface area contributed by atoms with Crippen LogP contribution in [0.1, 0.15) is 25.0 Å². The number of aliphatic hydroxyl groups is 2. The number of hydrogen-bond donors (Lipinski definition) is 2. The zero-order valence-corrected chi connectivity index (χ0v) is 26.5. The van der Waals surface area contributed by atoms with Crippen LogP contribution in [0.5, 0.6) is 11.5 Å². The lowest BCUT2D eigenvalue weighted by molar-refractivity contribution is 0.0650. The molecule has 2 N–H and O–H groups in total. The Morgan fingerprint density at radius 3 is 1.18 bits per heavy atom. The molecule has 2 unspecified atom stereocenters. The molecule has 8 nitrogen and oxygen atoms in total. The van der Waals surface area contributed by atoms with Gasteiger partial charge in [-0.05, 0) is 72.5 Å². The number of hydrogen-bond acceptors (Lipinski definition) is 8. The number of ether oxygens (including phenoxy) is 2. The Labute approximate surface area is 263 Å². The topological polar surface area (TPSA) is 71.9 Å². The molecule has 8 heteroatoms. The highest BCUT2D eigenvalue weighted by atomic mass is 16.5. The highest BCUT2D eigenvalue weighted by Gasteiger charge is 2.21. The minimum absolute atomic E-state index is 0.245. The number of rotatable bonds is 14. The Morgan fingerprint density at radius 1 is 0.523 bits per heavy atom. The van der Waals surface area contributed by atoms with Crippen LogP contribution >= 0.6 is 0 Å². The maximum absolute atomic E-state index is 10.6. The van der Waals surface area contributed by atoms with Crippen LogP contribution in [0.25, 0.3) is 0 Å². The van der Waals surface area contributed by atoms with E-state index < -0.39 is 12.2 Å². The summed E-state index contributed by atoms with van der Waals surface area (Å²) in [5.74, 6) is 1.39. The summed E-state index contributed by atoms with van der Waals surface area (Å²) in [5.41, 5.74) is 5.27. The van der Waals surface area contributed by atoms with Gasteiger partial charge in [0, 0.05) is 76.8 Å². The Hall–Kier alpha value is -3.30. The van der Waals surface area contributed by atoms with Crippen LogP contribution < -0.4 is 19.3 Å². The van der Waals surface area contributed by atoms with Gasteiger partial charge in [-0.3, -0.25) is 9.80 Å². The number of aliphatic hydroxyl groups excluding tert-OH is 2. The van der Waals surface area contributed by atoms with Gasteiger partial charge in [-0.15, -0.1) is 0 Å². The van der Waals surface area contributed by atoms with Gasteiger partial charge < -0.3 is 29.5 Å². The van der Waals surface area contributed by atoms with Crippen molar-refractivity contribution in [3.63, 3.8) is 0 Å². The Balaban J connectivity index is 0.947. The van der Waals surface area contributed by atoms with Gasteiger partial charge in [-0.2, -0.15) is 0 Å². The van der Waals surface area contributed by atoms with Gasteiger partial charge in [0.05, 0.1) is 0 Å². The summed E-state index contributed by atoms with van der Waals surface area (Å²) >= 11 is 0. The average molecular weight is 603 g/mol. The molecule has 2 atom stereocenters. The van der Waals surface area contributed by atoms with Crippen molar-refractivity contribution in [3.8, 4) is 11.5 Å². The number of nitrogens with zero attached hydrogens (tertiary/aromatic N) is 4. The van der Waals surface area contributed by atoms with E-state index in [1.165, 1.54) is 22.5 Å². The molecule has 3 aromatic rings. The second-order valence-electron chi connectivity index (χ2n) is 12.0. The molecule has 238 valence electrons. The molecular weight excluding hydrogens is 552 g/mol. The third-order valence-electron chi connectivity index (χ3n) is 8.81. The first-order valence-corrected chi connectivity index (χ1v) is 16.3. The van der Waals surface area contributed by atoms with Crippen molar-refractivity contribution in [1.82, 2.24) is 9.80 Å². The molecule has 44 heavy (non-hydrogen) atoms. The SMILES string of the molecule is CCc1ccc(N2CCN(CC(O)COc3ccc(OCC(O)CN4CCN(c5ccc(CC)cc5)CC4)cc3)CC2)cc1. The number of benzene rings is 3. The summed E-state index contributed by atoms with van der Waals surface area (Å²) in [6.07, 6.45) is 1.01. The standard InChI is InChI=1S/C36H50N4O4/c1-3-29-5-9-31(10-6-29)39-21-17-37(18-22-39)25-33(41)27-43-35-13-15-36(16-14-35)44-28-34(42)26-38-19-23-40(24-20-38)32-11-7-30(4-2)8-12-32/h5-16,33-34,41-42H,3-4,17-28H2,1-2H3. The van der Waals surface area contributed by atoms with Crippen LogP contribution in [-0.4, -0.2) is 111 Å². The Morgan fingerprint density at radius 2 is 0.864 bits per heavy atom. The maximum Gasteiger partial charge on any atom is 0.119 e. The van der Waals surface area contributed by atoms with Gasteiger partial charge in [0.1, 0.15) is 36.9 Å². The molecular formula is C36H50N4O4. The zero-order chi connectivity index (χ0) is 30.7. The molecule has 0 spiro atoms. The molecule has 2 aliphatic rings. The van der Waals surface area contributed by atoms with E-state index in [-0.39, 0.29) is 13.2 Å². The third kappa shape index (κ3) is 9.35. The smallest absolute Gasteiger partial charge is 0.119 e. The van der Waals surface area contributed by atoms with Crippen molar-refractivity contribution in [2.24, 2.45) is 0 Å². The quantitative estimate of drug-likeness (QED) is 0.288. The van der Waals surface area contributed by atoms with Crippen molar-refractivity contribution in [2.75, 3.05) is 88.5 Å². The summed E-state index contributed by atoms with van der Waals surface area (Å²) in [4.78, 5) is 9.43. The molecule has 2 aliphatic heterocycles. The predicted molar refractivity (Wildman–Crippen MR) is 178 cm³/mol. The molecule has 0 radical (unpaired) electrons. The van der Waals surface area contributed by atoms with E-state index in [4.69, 9.17) is 9.47 Å². The predicted octanol–water partition coefficient (Wildman–Crippen LogP) is 3.94. The fourth-order valence-electron chi connectivity index (χ4n) is 5.98. The van der Waals surface area contributed by atoms with Gasteiger partial charge in [-0.1, -0.05) is 38.1 Å². The highest BCUT2D eigenvalue weighted by molar-refractivity contribution is 5.49. The minimum Gasteiger partial charge on any atom is -0.491 e. The lowest BCUT2D eigenvalue weighted by Gasteiger charge is -2.37. The van der Waals surface area contributed by atoms with Gasteiger partial charge in [-0.25, -0.2) is 0 Å². The second kappa shape index (κ2) is 16.1. The molecule has 5 rings (SSSR count). The van der Waals surface area contributed by atoms with Gasteiger partial charge >= 0.3 is 0 Å². The first kappa shape index (κ1) is 32.1. The monoisotopic (exact) mass is 602 g/mol. The Kier molecular flexibility index (Phi) is 11.8. The molecule has 2 fully saturated rings. The largest absolute Gasteiger partial charge is 0.491 e. The van der Waals surface area contributed by atoms with Crippen LogP contribution in [0, 0.1) is 0 Å². The fourth-order valence-corrected chi connectivity index (χ4v) is 5.98. The van der Waals surface area contributed by atoms with E-state index in [2.05, 4.69) is 82.0 Å². The van der Waals surface area contributed by atoms with E-state index in [1.807, 2.05) is 24.3 Å². The maximum atomic E-state index is 10.6. The highest BCUT2D eigenvalue weighted by Crippen LogP contribution is 2.21. The van der Waals surface area contributed by atoms with Crippen LogP contribution in [0.3, 0.4) is 0 Å². The second-order valence-corrected chi connectivity index (χ2v) is 12.0. The number of anilines is 2. The van der Waals surface area contributed by atoms with Crippen LogP contribution in [0.2, 0.25) is 0 Å². The van der Waals surface area contributed by atoms with E-state index in [9.17, 15) is 10.2 Å². The Bertz CT molecular complexity index is 1140.